The summed E-state index contributed by atoms with van der Waals surface area (Å²) in [6, 6.07) is 11.0. The normalized spacial score (nSPS) is 13.3. The van der Waals surface area contributed by atoms with Gasteiger partial charge in [0, 0.05) is 41.7 Å². The Kier molecular flexibility index (Phi) is 3.53. The first-order valence-electron chi connectivity index (χ1n) is 8.71. The summed E-state index contributed by atoms with van der Waals surface area (Å²) in [5, 5.41) is 0.931. The van der Waals surface area contributed by atoms with E-state index in [2.05, 4.69) is 9.97 Å². The van der Waals surface area contributed by atoms with Gasteiger partial charge < -0.3 is 4.57 Å². The molecule has 0 N–H and O–H groups in total. The molecule has 0 bridgehead atoms. The summed E-state index contributed by atoms with van der Waals surface area (Å²) in [7, 11) is 0. The summed E-state index contributed by atoms with van der Waals surface area (Å²) in [6.45, 7) is 0.738. The summed E-state index contributed by atoms with van der Waals surface area (Å²) in [5.74, 6) is -2.33. The van der Waals surface area contributed by atoms with Crippen molar-refractivity contribution in [1.82, 2.24) is 14.5 Å². The molecule has 0 aliphatic carbocycles. The van der Waals surface area contributed by atoms with E-state index >= 15 is 0 Å². The highest BCUT2D eigenvalue weighted by atomic mass is 19.2. The van der Waals surface area contributed by atoms with Crippen LogP contribution in [0.1, 0.15) is 12.2 Å². The smallest absolute Gasteiger partial charge is 0.168 e. The summed E-state index contributed by atoms with van der Waals surface area (Å²) in [4.78, 5) is 8.85. The van der Waals surface area contributed by atoms with Crippen LogP contribution in [0.25, 0.3) is 33.4 Å². The molecule has 0 amide bonds. The minimum atomic E-state index is -1.22. The Balaban J connectivity index is 1.79. The molecule has 3 nitrogen and oxygen atoms in total. The third kappa shape index (κ3) is 2.51. The van der Waals surface area contributed by atoms with Gasteiger partial charge in [0.2, 0.25) is 0 Å². The number of fused-ring (bicyclic) bond motifs is 2. The molecule has 0 radical (unpaired) electrons. The molecule has 4 aromatic rings. The average Bonchev–Trinajstić information content (AvgIpc) is 3.25. The van der Waals surface area contributed by atoms with Crippen molar-refractivity contribution >= 4 is 10.9 Å². The van der Waals surface area contributed by atoms with Crippen molar-refractivity contribution < 1.29 is 13.2 Å². The van der Waals surface area contributed by atoms with Gasteiger partial charge >= 0.3 is 0 Å². The van der Waals surface area contributed by atoms with Gasteiger partial charge in [-0.3, -0.25) is 4.98 Å². The van der Waals surface area contributed by atoms with Crippen molar-refractivity contribution in [3.63, 3.8) is 0 Å². The number of halogens is 3. The maximum atomic E-state index is 14.5. The van der Waals surface area contributed by atoms with E-state index in [9.17, 15) is 13.2 Å². The van der Waals surface area contributed by atoms with Crippen LogP contribution in [-0.2, 0) is 13.0 Å². The van der Waals surface area contributed by atoms with Gasteiger partial charge in [-0.1, -0.05) is 12.1 Å². The van der Waals surface area contributed by atoms with E-state index in [-0.39, 0.29) is 11.3 Å². The van der Waals surface area contributed by atoms with Crippen LogP contribution in [-0.4, -0.2) is 14.5 Å². The lowest BCUT2D eigenvalue weighted by atomic mass is 10.0. The fourth-order valence-electron chi connectivity index (χ4n) is 3.76. The second kappa shape index (κ2) is 5.94. The molecule has 2 aromatic carbocycles. The van der Waals surface area contributed by atoms with Crippen LogP contribution >= 0.6 is 0 Å². The van der Waals surface area contributed by atoms with Gasteiger partial charge in [-0.2, -0.15) is 0 Å². The zero-order valence-electron chi connectivity index (χ0n) is 14.2. The van der Waals surface area contributed by atoms with Gasteiger partial charge in [0.15, 0.2) is 11.6 Å². The number of aryl methyl sites for hydroxylation is 1. The van der Waals surface area contributed by atoms with Gasteiger partial charge in [0.05, 0.1) is 16.9 Å². The molecule has 134 valence electrons. The van der Waals surface area contributed by atoms with Gasteiger partial charge in [-0.25, -0.2) is 18.2 Å². The van der Waals surface area contributed by atoms with E-state index in [1.807, 2.05) is 34.9 Å². The fourth-order valence-corrected chi connectivity index (χ4v) is 3.76. The number of hydrogen-bond donors (Lipinski definition) is 0. The number of aromatic nitrogens is 3. The fraction of sp³-hybridized carbons (Fsp3) is 0.143. The van der Waals surface area contributed by atoms with Gasteiger partial charge in [-0.05, 0) is 30.7 Å². The lowest BCUT2D eigenvalue weighted by Crippen LogP contribution is -1.98. The molecular weight excluding hydrogens is 351 g/mol. The van der Waals surface area contributed by atoms with E-state index < -0.39 is 17.5 Å². The van der Waals surface area contributed by atoms with Crippen molar-refractivity contribution in [3.05, 3.63) is 71.9 Å². The summed E-state index contributed by atoms with van der Waals surface area (Å²) in [5.41, 5.74) is 2.44. The molecule has 27 heavy (non-hydrogen) atoms. The van der Waals surface area contributed by atoms with E-state index in [0.717, 1.165) is 47.7 Å². The summed E-state index contributed by atoms with van der Waals surface area (Å²) >= 11 is 0. The quantitative estimate of drug-likeness (QED) is 0.461. The molecule has 1 aliphatic rings. The van der Waals surface area contributed by atoms with Crippen LogP contribution in [0, 0.1) is 17.5 Å². The second-order valence-electron chi connectivity index (χ2n) is 6.64. The molecule has 0 fully saturated rings. The third-order valence-corrected chi connectivity index (χ3v) is 4.95. The van der Waals surface area contributed by atoms with Gasteiger partial charge in [0.1, 0.15) is 11.6 Å². The molecule has 0 saturated heterocycles. The first kappa shape index (κ1) is 16.1. The molecule has 2 aromatic heterocycles. The zero-order chi connectivity index (χ0) is 18.5. The number of nitrogens with zero attached hydrogens (tertiary/aromatic N) is 3. The molecule has 5 rings (SSSR count). The molecule has 6 heteroatoms. The standard InChI is InChI=1S/C21H14F3N3/c22-14-10-15(19(24)16(23)11-14)20-21(27-8-2-4-18(27)26-20)13-5-6-17-12(9-13)3-1-7-25-17/h1,3,5-7,9-11H,2,4,8H2. The van der Waals surface area contributed by atoms with E-state index in [0.29, 0.717) is 11.8 Å². The van der Waals surface area contributed by atoms with Crippen molar-refractivity contribution in [2.75, 3.05) is 0 Å². The Hall–Kier alpha value is -3.15. The van der Waals surface area contributed by atoms with Crippen LogP contribution in [0.4, 0.5) is 13.2 Å². The first-order chi connectivity index (χ1) is 13.1. The van der Waals surface area contributed by atoms with Crippen molar-refractivity contribution in [3.8, 4) is 22.5 Å². The van der Waals surface area contributed by atoms with E-state index in [4.69, 9.17) is 0 Å². The Morgan fingerprint density at radius 3 is 2.78 bits per heavy atom. The molecule has 0 spiro atoms. The highest BCUT2D eigenvalue weighted by Gasteiger charge is 2.26. The van der Waals surface area contributed by atoms with Crippen LogP contribution in [0.2, 0.25) is 0 Å². The molecule has 0 saturated carbocycles. The number of hydrogen-bond acceptors (Lipinski definition) is 2. The van der Waals surface area contributed by atoms with Gasteiger partial charge in [0.25, 0.3) is 0 Å². The van der Waals surface area contributed by atoms with Crippen molar-refractivity contribution in [1.29, 1.82) is 0 Å². The van der Waals surface area contributed by atoms with Gasteiger partial charge in [-0.15, -0.1) is 0 Å². The largest absolute Gasteiger partial charge is 0.327 e. The average molecular weight is 365 g/mol. The lowest BCUT2D eigenvalue weighted by Gasteiger charge is -2.10. The Morgan fingerprint density at radius 2 is 1.89 bits per heavy atom. The first-order valence-corrected chi connectivity index (χ1v) is 8.71. The Labute approximate surface area is 153 Å². The number of pyridine rings is 1. The molecular formula is C21H14F3N3. The molecule has 0 unspecified atom stereocenters. The van der Waals surface area contributed by atoms with E-state index in [1.54, 1.807) is 6.20 Å². The second-order valence-corrected chi connectivity index (χ2v) is 6.64. The molecule has 0 atom stereocenters. The van der Waals surface area contributed by atoms with Crippen molar-refractivity contribution in [2.24, 2.45) is 0 Å². The zero-order valence-corrected chi connectivity index (χ0v) is 14.2. The Bertz CT molecular complexity index is 1200. The minimum Gasteiger partial charge on any atom is -0.327 e. The summed E-state index contributed by atoms with van der Waals surface area (Å²) in [6.07, 6.45) is 3.40. The highest BCUT2D eigenvalue weighted by molar-refractivity contribution is 5.87. The monoisotopic (exact) mass is 365 g/mol. The maximum absolute atomic E-state index is 14.5. The SMILES string of the molecule is Fc1cc(F)c(F)c(-c2nc3n(c2-c2ccc4ncccc4c2)CCC3)c1. The third-order valence-electron chi connectivity index (χ3n) is 4.95. The molecule has 3 heterocycles. The predicted octanol–water partition coefficient (Wildman–Crippen LogP) is 5.13. The summed E-state index contributed by atoms with van der Waals surface area (Å²) < 4.78 is 44.1. The van der Waals surface area contributed by atoms with Crippen LogP contribution in [0.5, 0.6) is 0 Å². The number of rotatable bonds is 2. The Morgan fingerprint density at radius 1 is 1.00 bits per heavy atom. The van der Waals surface area contributed by atoms with Crippen LogP contribution < -0.4 is 0 Å². The van der Waals surface area contributed by atoms with Crippen LogP contribution in [0.3, 0.4) is 0 Å². The topological polar surface area (TPSA) is 30.7 Å². The predicted molar refractivity (Wildman–Crippen MR) is 96.6 cm³/mol. The number of imidazole rings is 1. The highest BCUT2D eigenvalue weighted by Crippen LogP contribution is 2.38. The lowest BCUT2D eigenvalue weighted by molar-refractivity contribution is 0.497. The number of benzene rings is 2. The van der Waals surface area contributed by atoms with E-state index in [1.165, 1.54) is 0 Å². The van der Waals surface area contributed by atoms with Crippen LogP contribution in [0.15, 0.2) is 48.7 Å². The maximum Gasteiger partial charge on any atom is 0.168 e. The molecule has 1 aliphatic heterocycles. The minimum absolute atomic E-state index is 0.157. The van der Waals surface area contributed by atoms with Crippen molar-refractivity contribution in [2.45, 2.75) is 19.4 Å².